The van der Waals surface area contributed by atoms with E-state index in [-0.39, 0.29) is 17.6 Å². The zero-order valence-electron chi connectivity index (χ0n) is 11.9. The molecule has 1 aromatic carbocycles. The zero-order chi connectivity index (χ0) is 15.1. The van der Waals surface area contributed by atoms with Crippen LogP contribution in [0.1, 0.15) is 20.8 Å². The average molecular weight is 280 g/mol. The number of carbonyl (C=O) groups excluding carboxylic acids is 2. The molecule has 1 saturated heterocycles. The summed E-state index contributed by atoms with van der Waals surface area (Å²) in [6.07, 6.45) is 0. The molecule has 6 heteroatoms. The maximum absolute atomic E-state index is 13.3. The topological polar surface area (TPSA) is 58.6 Å². The van der Waals surface area contributed by atoms with Crippen molar-refractivity contribution in [2.24, 2.45) is 0 Å². The number of nitrogens with zero attached hydrogens (tertiary/aromatic N) is 1. The Labute approximate surface area is 116 Å². The molecule has 1 atom stereocenters. The second-order valence-electron chi connectivity index (χ2n) is 5.28. The number of hydrogen-bond donors (Lipinski definition) is 1. The molecule has 0 aromatic heterocycles. The first-order valence-electron chi connectivity index (χ1n) is 6.27. The molecule has 1 heterocycles. The summed E-state index contributed by atoms with van der Waals surface area (Å²) in [4.78, 5) is 25.8. The number of rotatable bonds is 2. The van der Waals surface area contributed by atoms with Crippen molar-refractivity contribution >= 4 is 17.5 Å². The summed E-state index contributed by atoms with van der Waals surface area (Å²) in [7, 11) is 1.39. The van der Waals surface area contributed by atoms with Crippen molar-refractivity contribution in [1.82, 2.24) is 5.32 Å². The molecule has 1 aliphatic rings. The number of nitrogens with one attached hydrogen (secondary N) is 1. The highest BCUT2D eigenvalue weighted by molar-refractivity contribution is 6.10. The Morgan fingerprint density at radius 1 is 1.35 bits per heavy atom. The molecule has 2 rings (SSSR count). The van der Waals surface area contributed by atoms with Crippen molar-refractivity contribution in [2.45, 2.75) is 32.4 Å². The minimum Gasteiger partial charge on any atom is -0.494 e. The maximum Gasteiger partial charge on any atom is 0.253 e. The lowest BCUT2D eigenvalue weighted by Gasteiger charge is -2.41. The fourth-order valence-electron chi connectivity index (χ4n) is 2.23. The number of benzene rings is 1. The number of hydrogen-bond acceptors (Lipinski definition) is 3. The number of ether oxygens (including phenoxy) is 1. The van der Waals surface area contributed by atoms with E-state index in [0.29, 0.717) is 5.69 Å². The summed E-state index contributed by atoms with van der Waals surface area (Å²) in [5.74, 6) is -0.780. The van der Waals surface area contributed by atoms with E-state index in [2.05, 4.69) is 5.32 Å². The number of methoxy groups -OCH3 is 1. The van der Waals surface area contributed by atoms with Crippen LogP contribution in [0.2, 0.25) is 0 Å². The highest BCUT2D eigenvalue weighted by Gasteiger charge is 2.44. The second kappa shape index (κ2) is 4.77. The highest BCUT2D eigenvalue weighted by atomic mass is 19.1. The van der Waals surface area contributed by atoms with Crippen molar-refractivity contribution in [1.29, 1.82) is 0 Å². The van der Waals surface area contributed by atoms with E-state index in [4.69, 9.17) is 4.74 Å². The molecule has 1 N–H and O–H groups in total. The van der Waals surface area contributed by atoms with Crippen LogP contribution in [0.15, 0.2) is 18.2 Å². The van der Waals surface area contributed by atoms with E-state index >= 15 is 0 Å². The molecule has 108 valence electrons. The largest absolute Gasteiger partial charge is 0.494 e. The summed E-state index contributed by atoms with van der Waals surface area (Å²) in [6, 6.07) is 3.18. The summed E-state index contributed by atoms with van der Waals surface area (Å²) >= 11 is 0. The molecular formula is C14H17FN2O3. The van der Waals surface area contributed by atoms with Gasteiger partial charge in [-0.15, -0.1) is 0 Å². The molecule has 0 radical (unpaired) electrons. The zero-order valence-corrected chi connectivity index (χ0v) is 11.9. The molecule has 0 bridgehead atoms. The van der Waals surface area contributed by atoms with Gasteiger partial charge < -0.3 is 10.1 Å². The van der Waals surface area contributed by atoms with Crippen LogP contribution in [0.3, 0.4) is 0 Å². The number of anilines is 1. The van der Waals surface area contributed by atoms with Crippen LogP contribution in [0, 0.1) is 5.82 Å². The lowest BCUT2D eigenvalue weighted by molar-refractivity contribution is -0.136. The van der Waals surface area contributed by atoms with Gasteiger partial charge in [-0.1, -0.05) is 0 Å². The summed E-state index contributed by atoms with van der Waals surface area (Å²) in [6.45, 7) is 4.87. The van der Waals surface area contributed by atoms with Crippen LogP contribution in [0.5, 0.6) is 5.75 Å². The first-order valence-corrected chi connectivity index (χ1v) is 6.27. The molecule has 1 aromatic rings. The molecule has 1 fully saturated rings. The van der Waals surface area contributed by atoms with E-state index in [1.54, 1.807) is 20.8 Å². The molecular weight excluding hydrogens is 263 g/mol. The Hall–Kier alpha value is -2.11. The number of amides is 2. The molecule has 20 heavy (non-hydrogen) atoms. The van der Waals surface area contributed by atoms with Crippen LogP contribution in [0.4, 0.5) is 10.1 Å². The van der Waals surface area contributed by atoms with Crippen LogP contribution in [-0.2, 0) is 9.59 Å². The van der Waals surface area contributed by atoms with E-state index in [0.717, 1.165) is 0 Å². The van der Waals surface area contributed by atoms with Gasteiger partial charge in [0.15, 0.2) is 0 Å². The third-order valence-corrected chi connectivity index (χ3v) is 3.36. The van der Waals surface area contributed by atoms with Gasteiger partial charge in [0.25, 0.3) is 5.91 Å². The molecule has 5 nitrogen and oxygen atoms in total. The van der Waals surface area contributed by atoms with Crippen molar-refractivity contribution in [3.05, 3.63) is 24.0 Å². The van der Waals surface area contributed by atoms with Crippen molar-refractivity contribution in [3.8, 4) is 5.75 Å². The Balaban J connectivity index is 2.54. The minimum atomic E-state index is -1.01. The molecule has 2 amide bonds. The van der Waals surface area contributed by atoms with E-state index in [1.165, 1.54) is 30.2 Å². The van der Waals surface area contributed by atoms with Gasteiger partial charge in [-0.2, -0.15) is 0 Å². The third-order valence-electron chi connectivity index (χ3n) is 3.36. The highest BCUT2D eigenvalue weighted by Crippen LogP contribution is 2.33. The lowest BCUT2D eigenvalue weighted by atomic mass is 9.96. The quantitative estimate of drug-likeness (QED) is 0.892. The van der Waals surface area contributed by atoms with E-state index in [9.17, 15) is 14.0 Å². The van der Waals surface area contributed by atoms with E-state index in [1.807, 2.05) is 0 Å². The van der Waals surface area contributed by atoms with Gasteiger partial charge in [-0.3, -0.25) is 14.5 Å². The lowest BCUT2D eigenvalue weighted by Crippen LogP contribution is -2.67. The van der Waals surface area contributed by atoms with Crippen LogP contribution < -0.4 is 15.0 Å². The maximum atomic E-state index is 13.3. The smallest absolute Gasteiger partial charge is 0.253 e. The van der Waals surface area contributed by atoms with Gasteiger partial charge in [-0.05, 0) is 32.9 Å². The Bertz CT molecular complexity index is 572. The summed E-state index contributed by atoms with van der Waals surface area (Å²) < 4.78 is 18.4. The van der Waals surface area contributed by atoms with Gasteiger partial charge in [-0.25, -0.2) is 4.39 Å². The minimum absolute atomic E-state index is 0.218. The summed E-state index contributed by atoms with van der Waals surface area (Å²) in [5.41, 5.74) is -0.627. The Morgan fingerprint density at radius 3 is 2.60 bits per heavy atom. The van der Waals surface area contributed by atoms with Crippen LogP contribution in [0.25, 0.3) is 0 Å². The van der Waals surface area contributed by atoms with E-state index < -0.39 is 17.4 Å². The summed E-state index contributed by atoms with van der Waals surface area (Å²) in [5, 5.41) is 2.66. The van der Waals surface area contributed by atoms with Gasteiger partial charge in [0, 0.05) is 6.07 Å². The molecule has 0 spiro atoms. The average Bonchev–Trinajstić information content (AvgIpc) is 2.38. The predicted molar refractivity (Wildman–Crippen MR) is 72.1 cm³/mol. The normalized spacial score (nSPS) is 21.6. The standard InChI is InChI=1S/C14H17FN2O3/c1-8-12(18)16-14(2,3)13(19)17(8)10-6-5-9(15)7-11(10)20-4/h5-8H,1-4H3,(H,16,18). The van der Waals surface area contributed by atoms with Crippen molar-refractivity contribution in [2.75, 3.05) is 12.0 Å². The van der Waals surface area contributed by atoms with Crippen LogP contribution >= 0.6 is 0 Å². The molecule has 1 aliphatic heterocycles. The van der Waals surface area contributed by atoms with Crippen LogP contribution in [-0.4, -0.2) is 30.5 Å². The first kappa shape index (κ1) is 14.3. The molecule has 0 aliphatic carbocycles. The molecule has 0 saturated carbocycles. The first-order chi connectivity index (χ1) is 9.27. The van der Waals surface area contributed by atoms with Gasteiger partial charge in [0.2, 0.25) is 5.91 Å². The third kappa shape index (κ3) is 2.21. The Kier molecular flexibility index (Phi) is 3.41. The number of piperazine rings is 1. The monoisotopic (exact) mass is 280 g/mol. The molecule has 1 unspecified atom stereocenters. The van der Waals surface area contributed by atoms with Gasteiger partial charge in [0.05, 0.1) is 12.8 Å². The van der Waals surface area contributed by atoms with Crippen molar-refractivity contribution in [3.63, 3.8) is 0 Å². The predicted octanol–water partition coefficient (Wildman–Crippen LogP) is 1.46. The fraction of sp³-hybridized carbons (Fsp3) is 0.429. The fourth-order valence-corrected chi connectivity index (χ4v) is 2.23. The van der Waals surface area contributed by atoms with Gasteiger partial charge >= 0.3 is 0 Å². The Morgan fingerprint density at radius 2 is 2.00 bits per heavy atom. The second-order valence-corrected chi connectivity index (χ2v) is 5.28. The SMILES string of the molecule is COc1cc(F)ccc1N1C(=O)C(C)(C)NC(=O)C1C. The van der Waals surface area contributed by atoms with Gasteiger partial charge in [0.1, 0.15) is 23.1 Å². The number of carbonyl (C=O) groups is 2. The number of halogens is 1. The van der Waals surface area contributed by atoms with Crippen molar-refractivity contribution < 1.29 is 18.7 Å².